The highest BCUT2D eigenvalue weighted by atomic mass is 32.1. The van der Waals surface area contributed by atoms with Gasteiger partial charge in [0.05, 0.1) is 35.1 Å². The molecule has 0 aliphatic carbocycles. The minimum atomic E-state index is -0.710. The van der Waals surface area contributed by atoms with Gasteiger partial charge in [-0.3, -0.25) is 9.36 Å². The highest BCUT2D eigenvalue weighted by molar-refractivity contribution is 7.07. The number of benzene rings is 3. The van der Waals surface area contributed by atoms with Gasteiger partial charge in [-0.15, -0.1) is 6.42 Å². The maximum atomic E-state index is 14.1. The van der Waals surface area contributed by atoms with Crippen molar-refractivity contribution < 1.29 is 19.0 Å². The molecule has 0 saturated carbocycles. The molecule has 5 rings (SSSR count). The molecule has 0 N–H and O–H groups in total. The second-order valence-corrected chi connectivity index (χ2v) is 10.0. The lowest BCUT2D eigenvalue weighted by Gasteiger charge is -2.24. The maximum Gasteiger partial charge on any atom is 0.338 e. The molecule has 4 aromatic rings. The van der Waals surface area contributed by atoms with E-state index in [0.717, 1.165) is 21.9 Å². The van der Waals surface area contributed by atoms with E-state index in [0.29, 0.717) is 38.7 Å². The number of carbonyl (C=O) groups excluding carboxylic acids is 1. The molecule has 0 saturated heterocycles. The van der Waals surface area contributed by atoms with Crippen LogP contribution in [0.2, 0.25) is 0 Å². The number of terminal acetylenes is 1. The highest BCUT2D eigenvalue weighted by Gasteiger charge is 2.33. The Morgan fingerprint density at radius 1 is 1.07 bits per heavy atom. The first-order valence-corrected chi connectivity index (χ1v) is 13.8. The van der Waals surface area contributed by atoms with E-state index in [9.17, 15) is 9.59 Å². The smallest absolute Gasteiger partial charge is 0.338 e. The predicted octanol–water partition coefficient (Wildman–Crippen LogP) is 4.36. The molecule has 2 heterocycles. The van der Waals surface area contributed by atoms with Crippen LogP contribution < -0.4 is 24.4 Å². The summed E-state index contributed by atoms with van der Waals surface area (Å²) in [7, 11) is 0. The summed E-state index contributed by atoms with van der Waals surface area (Å²) in [6.45, 7) is 6.26. The van der Waals surface area contributed by atoms with Crippen LogP contribution in [-0.4, -0.2) is 30.4 Å². The molecule has 202 valence electrons. The molecule has 0 fully saturated rings. The summed E-state index contributed by atoms with van der Waals surface area (Å²) >= 11 is 1.26. The van der Waals surface area contributed by atoms with Crippen LogP contribution in [0.4, 0.5) is 0 Å². The van der Waals surface area contributed by atoms with Gasteiger partial charge in [0.15, 0.2) is 4.80 Å². The Bertz CT molecular complexity index is 1840. The van der Waals surface area contributed by atoms with Gasteiger partial charge in [0.1, 0.15) is 18.1 Å². The zero-order valence-corrected chi connectivity index (χ0v) is 23.3. The van der Waals surface area contributed by atoms with Gasteiger partial charge in [-0.1, -0.05) is 59.7 Å². The molecule has 0 amide bonds. The second-order valence-electron chi connectivity index (χ2n) is 9.00. The minimum absolute atomic E-state index is 0.0975. The fourth-order valence-corrected chi connectivity index (χ4v) is 5.85. The largest absolute Gasteiger partial charge is 0.494 e. The van der Waals surface area contributed by atoms with Gasteiger partial charge >= 0.3 is 5.97 Å². The Morgan fingerprint density at radius 3 is 2.58 bits per heavy atom. The molecular formula is C32H28N2O5S. The SMILES string of the molecule is C#CCOc1ccc2ccccc2c1/C=c1\sc2n(c1=O)[C@H](c1ccc(OCC)cc1)C(C(=O)OCC)=C(C)N=2. The third kappa shape index (κ3) is 5.04. The number of aromatic nitrogens is 1. The fraction of sp³-hybridized carbons (Fsp3) is 0.219. The quantitative estimate of drug-likeness (QED) is 0.240. The van der Waals surface area contributed by atoms with E-state index in [2.05, 4.69) is 10.9 Å². The average molecular weight is 553 g/mol. The standard InChI is InChI=1S/C32H28N2O5S/c1-5-18-39-26-17-14-21-10-8-9-11-24(21)25(26)19-27-30(35)34-29(22-12-15-23(16-13-22)37-6-2)28(31(36)38-7-3)20(4)33-32(34)40-27/h1,8-17,19,29H,6-7,18H2,2-4H3/b27-19-/t29-/m1/s1. The first-order chi connectivity index (χ1) is 19.5. The van der Waals surface area contributed by atoms with Crippen LogP contribution in [0.1, 0.15) is 37.9 Å². The van der Waals surface area contributed by atoms with Crippen LogP contribution >= 0.6 is 11.3 Å². The summed E-state index contributed by atoms with van der Waals surface area (Å²) in [5.41, 5.74) is 2.06. The maximum absolute atomic E-state index is 14.1. The average Bonchev–Trinajstić information content (AvgIpc) is 3.26. The van der Waals surface area contributed by atoms with Gasteiger partial charge in [-0.05, 0) is 61.4 Å². The molecule has 0 bridgehead atoms. The van der Waals surface area contributed by atoms with Crippen LogP contribution in [0.25, 0.3) is 16.8 Å². The van der Waals surface area contributed by atoms with Crippen molar-refractivity contribution in [1.82, 2.24) is 4.57 Å². The van der Waals surface area contributed by atoms with Crippen LogP contribution in [0.5, 0.6) is 11.5 Å². The first-order valence-electron chi connectivity index (χ1n) is 13.0. The van der Waals surface area contributed by atoms with Crippen LogP contribution in [-0.2, 0) is 9.53 Å². The number of hydrogen-bond donors (Lipinski definition) is 0. The summed E-state index contributed by atoms with van der Waals surface area (Å²) in [5, 5.41) is 1.93. The van der Waals surface area contributed by atoms with E-state index < -0.39 is 12.0 Å². The Labute approximate surface area is 235 Å². The molecule has 7 nitrogen and oxygen atoms in total. The number of nitrogens with zero attached hydrogens (tertiary/aromatic N) is 2. The van der Waals surface area contributed by atoms with E-state index in [1.165, 1.54) is 11.3 Å². The van der Waals surface area contributed by atoms with Crippen molar-refractivity contribution in [3.63, 3.8) is 0 Å². The summed E-state index contributed by atoms with van der Waals surface area (Å²) in [4.78, 5) is 32.4. The van der Waals surface area contributed by atoms with Crippen molar-refractivity contribution in [2.75, 3.05) is 19.8 Å². The topological polar surface area (TPSA) is 79.1 Å². The molecule has 3 aromatic carbocycles. The minimum Gasteiger partial charge on any atom is -0.494 e. The predicted molar refractivity (Wildman–Crippen MR) is 156 cm³/mol. The Kier molecular flexibility index (Phi) is 7.85. The van der Waals surface area contributed by atoms with E-state index in [-0.39, 0.29) is 18.8 Å². The van der Waals surface area contributed by atoms with E-state index in [1.807, 2.05) is 73.7 Å². The highest BCUT2D eigenvalue weighted by Crippen LogP contribution is 2.32. The van der Waals surface area contributed by atoms with Crippen molar-refractivity contribution >= 4 is 34.2 Å². The number of ether oxygens (including phenoxy) is 3. The molecule has 0 radical (unpaired) electrons. The van der Waals surface area contributed by atoms with Crippen molar-refractivity contribution in [3.8, 4) is 23.8 Å². The summed E-state index contributed by atoms with van der Waals surface area (Å²) in [6.07, 6.45) is 7.27. The first kappa shape index (κ1) is 27.0. The number of thiazole rings is 1. The summed E-state index contributed by atoms with van der Waals surface area (Å²) in [5.74, 6) is 3.28. The van der Waals surface area contributed by atoms with Crippen molar-refractivity contribution in [1.29, 1.82) is 0 Å². The summed E-state index contributed by atoms with van der Waals surface area (Å²) in [6, 6.07) is 18.4. The monoisotopic (exact) mass is 552 g/mol. The van der Waals surface area contributed by atoms with Gasteiger partial charge in [-0.2, -0.15) is 0 Å². The zero-order valence-electron chi connectivity index (χ0n) is 22.5. The van der Waals surface area contributed by atoms with E-state index >= 15 is 0 Å². The molecule has 40 heavy (non-hydrogen) atoms. The van der Waals surface area contributed by atoms with Gasteiger partial charge in [0.2, 0.25) is 0 Å². The van der Waals surface area contributed by atoms with Crippen molar-refractivity contribution in [3.05, 3.63) is 103 Å². The fourth-order valence-electron chi connectivity index (χ4n) is 4.82. The summed E-state index contributed by atoms with van der Waals surface area (Å²) < 4.78 is 18.9. The molecule has 0 unspecified atom stereocenters. The Balaban J connectivity index is 1.74. The normalized spacial score (nSPS) is 14.8. The number of hydrogen-bond acceptors (Lipinski definition) is 7. The lowest BCUT2D eigenvalue weighted by Crippen LogP contribution is -2.39. The Hall–Kier alpha value is -4.61. The molecule has 8 heteroatoms. The number of rotatable bonds is 8. The number of carbonyl (C=O) groups is 1. The second kappa shape index (κ2) is 11.6. The van der Waals surface area contributed by atoms with Gasteiger partial charge in [-0.25, -0.2) is 9.79 Å². The zero-order chi connectivity index (χ0) is 28.2. The van der Waals surface area contributed by atoms with E-state index in [1.54, 1.807) is 18.4 Å². The Morgan fingerprint density at radius 2 is 1.85 bits per heavy atom. The number of esters is 1. The molecule has 1 aliphatic heterocycles. The van der Waals surface area contributed by atoms with Gasteiger partial charge in [0, 0.05) is 5.56 Å². The van der Waals surface area contributed by atoms with Crippen molar-refractivity contribution in [2.24, 2.45) is 4.99 Å². The van der Waals surface area contributed by atoms with Crippen LogP contribution in [0.15, 0.2) is 81.7 Å². The van der Waals surface area contributed by atoms with Crippen LogP contribution in [0, 0.1) is 12.3 Å². The number of allylic oxidation sites excluding steroid dienone is 1. The molecular weight excluding hydrogens is 524 g/mol. The van der Waals surface area contributed by atoms with Gasteiger partial charge < -0.3 is 14.2 Å². The van der Waals surface area contributed by atoms with Crippen molar-refractivity contribution in [2.45, 2.75) is 26.8 Å². The molecule has 0 spiro atoms. The molecule has 1 atom stereocenters. The molecule has 1 aromatic heterocycles. The third-order valence-corrected chi connectivity index (χ3v) is 7.52. The van der Waals surface area contributed by atoms with Crippen LogP contribution in [0.3, 0.4) is 0 Å². The van der Waals surface area contributed by atoms with Gasteiger partial charge in [0.25, 0.3) is 5.56 Å². The molecule has 1 aliphatic rings. The lowest BCUT2D eigenvalue weighted by atomic mass is 9.96. The third-order valence-electron chi connectivity index (χ3n) is 6.54. The number of fused-ring (bicyclic) bond motifs is 2. The lowest BCUT2D eigenvalue weighted by molar-refractivity contribution is -0.139. The van der Waals surface area contributed by atoms with E-state index in [4.69, 9.17) is 20.6 Å².